The molecule has 0 bridgehead atoms. The van der Waals surface area contributed by atoms with E-state index in [-0.39, 0.29) is 37.1 Å². The van der Waals surface area contributed by atoms with E-state index in [1.807, 2.05) is 20.8 Å². The fourth-order valence-electron chi connectivity index (χ4n) is 3.04. The lowest BCUT2D eigenvalue weighted by atomic mass is 10.1. The number of carbonyl (C=O) groups is 4. The van der Waals surface area contributed by atoms with Gasteiger partial charge in [0.25, 0.3) is 0 Å². The van der Waals surface area contributed by atoms with Crippen molar-refractivity contribution in [2.75, 3.05) is 13.2 Å². The highest BCUT2D eigenvalue weighted by Gasteiger charge is 2.25. The van der Waals surface area contributed by atoms with Crippen molar-refractivity contribution < 1.29 is 47.6 Å². The normalized spacial score (nSPS) is 13.0. The SMILES string of the molecule is CCCCCC(=O)OC(C)[C@H](C)OC(=O)[C@@H](N)Cc1ccc(OC(=O)OCCC)c(OC(=O)OCCC)c1. The molecule has 1 unspecified atom stereocenters. The molecule has 0 spiro atoms. The van der Waals surface area contributed by atoms with Crippen LogP contribution in [-0.2, 0) is 35.0 Å². The van der Waals surface area contributed by atoms with Crippen molar-refractivity contribution in [1.82, 2.24) is 0 Å². The van der Waals surface area contributed by atoms with Crippen molar-refractivity contribution >= 4 is 24.2 Å². The van der Waals surface area contributed by atoms with Gasteiger partial charge in [-0.25, -0.2) is 9.59 Å². The molecule has 214 valence electrons. The molecule has 3 atom stereocenters. The molecule has 2 N–H and O–H groups in total. The van der Waals surface area contributed by atoms with Crippen LogP contribution in [0.1, 0.15) is 78.7 Å². The van der Waals surface area contributed by atoms with Gasteiger partial charge in [0, 0.05) is 6.42 Å². The van der Waals surface area contributed by atoms with Gasteiger partial charge in [0.1, 0.15) is 18.2 Å². The van der Waals surface area contributed by atoms with Gasteiger partial charge in [-0.15, -0.1) is 0 Å². The van der Waals surface area contributed by atoms with E-state index in [1.54, 1.807) is 19.9 Å². The average molecular weight is 540 g/mol. The van der Waals surface area contributed by atoms with Crippen LogP contribution in [-0.4, -0.2) is 55.7 Å². The molecule has 0 aliphatic carbocycles. The lowest BCUT2D eigenvalue weighted by Gasteiger charge is -2.22. The summed E-state index contributed by atoms with van der Waals surface area (Å²) in [5.74, 6) is -1.21. The lowest BCUT2D eigenvalue weighted by Crippen LogP contribution is -2.39. The van der Waals surface area contributed by atoms with Crippen molar-refractivity contribution in [3.63, 3.8) is 0 Å². The van der Waals surface area contributed by atoms with Crippen molar-refractivity contribution in [2.24, 2.45) is 5.73 Å². The fourth-order valence-corrected chi connectivity index (χ4v) is 3.04. The van der Waals surface area contributed by atoms with Crippen LogP contribution in [0.15, 0.2) is 18.2 Å². The van der Waals surface area contributed by atoms with Gasteiger partial charge in [0.15, 0.2) is 11.5 Å². The first-order valence-corrected chi connectivity index (χ1v) is 13.1. The minimum Gasteiger partial charge on any atom is -0.459 e. The Labute approximate surface area is 224 Å². The zero-order valence-electron chi connectivity index (χ0n) is 23.0. The first-order chi connectivity index (χ1) is 18.1. The number of benzene rings is 1. The molecule has 0 radical (unpaired) electrons. The van der Waals surface area contributed by atoms with Crippen molar-refractivity contribution in [1.29, 1.82) is 0 Å². The Morgan fingerprint density at radius 3 is 1.95 bits per heavy atom. The molecule has 0 saturated heterocycles. The molecule has 0 amide bonds. The smallest absolute Gasteiger partial charge is 0.459 e. The standard InChI is InChI=1S/C27H41NO10/c1-6-9-10-11-24(29)35-18(4)19(5)36-25(30)21(28)16-20-12-13-22(37-26(31)33-14-7-2)23(17-20)38-27(32)34-15-8-3/h12-13,17-19,21H,6-11,14-16,28H2,1-5H3/t18?,19-,21-/m0/s1. The van der Waals surface area contributed by atoms with Crippen LogP contribution in [0.2, 0.25) is 0 Å². The number of esters is 2. The van der Waals surface area contributed by atoms with E-state index in [2.05, 4.69) is 0 Å². The van der Waals surface area contributed by atoms with Gasteiger partial charge in [-0.3, -0.25) is 9.59 Å². The van der Waals surface area contributed by atoms with Gasteiger partial charge in [0.05, 0.1) is 13.2 Å². The minimum absolute atomic E-state index is 0.0255. The highest BCUT2D eigenvalue weighted by atomic mass is 16.7. The summed E-state index contributed by atoms with van der Waals surface area (Å²) in [7, 11) is 0. The second kappa shape index (κ2) is 18.0. The van der Waals surface area contributed by atoms with Gasteiger partial charge in [-0.1, -0.05) is 39.7 Å². The topological polar surface area (TPSA) is 150 Å². The van der Waals surface area contributed by atoms with Gasteiger partial charge < -0.3 is 34.2 Å². The number of carbonyl (C=O) groups excluding carboxylic acids is 4. The molecule has 0 aliphatic rings. The first kappa shape index (κ1) is 32.7. The number of unbranched alkanes of at least 4 members (excludes halogenated alkanes) is 2. The van der Waals surface area contributed by atoms with E-state index in [0.29, 0.717) is 24.8 Å². The third kappa shape index (κ3) is 12.8. The van der Waals surface area contributed by atoms with Crippen LogP contribution in [0, 0.1) is 0 Å². The van der Waals surface area contributed by atoms with E-state index >= 15 is 0 Å². The minimum atomic E-state index is -1.06. The maximum atomic E-state index is 12.6. The molecule has 0 fully saturated rings. The maximum absolute atomic E-state index is 12.6. The molecule has 1 aromatic carbocycles. The Morgan fingerprint density at radius 2 is 1.37 bits per heavy atom. The summed E-state index contributed by atoms with van der Waals surface area (Å²) in [5.41, 5.74) is 6.56. The van der Waals surface area contributed by atoms with Gasteiger partial charge in [-0.05, 0) is 57.2 Å². The Morgan fingerprint density at radius 1 is 0.789 bits per heavy atom. The Bertz CT molecular complexity index is 904. The summed E-state index contributed by atoms with van der Waals surface area (Å²) in [6, 6.07) is 3.30. The number of hydrogen-bond donors (Lipinski definition) is 1. The predicted molar refractivity (Wildman–Crippen MR) is 138 cm³/mol. The van der Waals surface area contributed by atoms with E-state index in [1.165, 1.54) is 12.1 Å². The third-order valence-electron chi connectivity index (χ3n) is 5.27. The monoisotopic (exact) mass is 539 g/mol. The maximum Gasteiger partial charge on any atom is 0.513 e. The molecule has 0 saturated carbocycles. The number of nitrogens with two attached hydrogens (primary N) is 1. The molecule has 11 nitrogen and oxygen atoms in total. The van der Waals surface area contributed by atoms with Gasteiger partial charge >= 0.3 is 24.2 Å². The van der Waals surface area contributed by atoms with E-state index in [0.717, 1.165) is 19.3 Å². The molecule has 1 rings (SSSR count). The highest BCUT2D eigenvalue weighted by Crippen LogP contribution is 2.30. The zero-order valence-corrected chi connectivity index (χ0v) is 23.0. The summed E-state index contributed by atoms with van der Waals surface area (Å²) in [6.07, 6.45) is 0.918. The summed E-state index contributed by atoms with van der Waals surface area (Å²) >= 11 is 0. The van der Waals surface area contributed by atoms with Crippen LogP contribution < -0.4 is 15.2 Å². The van der Waals surface area contributed by atoms with E-state index in [9.17, 15) is 19.2 Å². The zero-order chi connectivity index (χ0) is 28.5. The quantitative estimate of drug-likeness (QED) is 0.133. The van der Waals surface area contributed by atoms with Crippen molar-refractivity contribution in [3.8, 4) is 11.5 Å². The lowest BCUT2D eigenvalue weighted by molar-refractivity contribution is -0.166. The molecule has 1 aromatic rings. The summed E-state index contributed by atoms with van der Waals surface area (Å²) < 4.78 is 30.9. The predicted octanol–water partition coefficient (Wildman–Crippen LogP) is 4.85. The summed E-state index contributed by atoms with van der Waals surface area (Å²) in [4.78, 5) is 48.4. The van der Waals surface area contributed by atoms with Crippen molar-refractivity contribution in [3.05, 3.63) is 23.8 Å². The molecule has 0 aliphatic heterocycles. The van der Waals surface area contributed by atoms with Crippen LogP contribution in [0.4, 0.5) is 9.59 Å². The first-order valence-electron chi connectivity index (χ1n) is 13.1. The molecule has 38 heavy (non-hydrogen) atoms. The molecular formula is C27H41NO10. The molecule has 0 aromatic heterocycles. The van der Waals surface area contributed by atoms with Crippen molar-refractivity contribution in [2.45, 2.75) is 97.8 Å². The highest BCUT2D eigenvalue weighted by molar-refractivity contribution is 5.76. The number of rotatable bonds is 16. The molecular weight excluding hydrogens is 498 g/mol. The molecule has 11 heteroatoms. The van der Waals surface area contributed by atoms with E-state index < -0.39 is 36.5 Å². The van der Waals surface area contributed by atoms with E-state index in [4.69, 9.17) is 34.2 Å². The number of ether oxygens (including phenoxy) is 6. The van der Waals surface area contributed by atoms with Gasteiger partial charge in [0.2, 0.25) is 0 Å². The second-order valence-corrected chi connectivity index (χ2v) is 8.79. The fraction of sp³-hybridized carbons (Fsp3) is 0.630. The average Bonchev–Trinajstić information content (AvgIpc) is 2.87. The Hall–Kier alpha value is -3.34. The molecule has 0 heterocycles. The van der Waals surface area contributed by atoms with Crippen LogP contribution in [0.25, 0.3) is 0 Å². The number of hydrogen-bond acceptors (Lipinski definition) is 11. The van der Waals surface area contributed by atoms with Gasteiger partial charge in [-0.2, -0.15) is 0 Å². The van der Waals surface area contributed by atoms with Crippen LogP contribution in [0.5, 0.6) is 11.5 Å². The summed E-state index contributed by atoms with van der Waals surface area (Å²) in [5, 5.41) is 0. The summed E-state index contributed by atoms with van der Waals surface area (Å²) in [6.45, 7) is 9.27. The third-order valence-corrected chi connectivity index (χ3v) is 5.27. The Kier molecular flexibility index (Phi) is 15.5. The Balaban J connectivity index is 2.83. The van der Waals surface area contributed by atoms with Crippen LogP contribution >= 0.6 is 0 Å². The second-order valence-electron chi connectivity index (χ2n) is 8.79. The van der Waals surface area contributed by atoms with Crippen LogP contribution in [0.3, 0.4) is 0 Å². The largest absolute Gasteiger partial charge is 0.513 e.